The number of hydrogen-bond acceptors (Lipinski definition) is 1. The Morgan fingerprint density at radius 1 is 1.10 bits per heavy atom. The van der Waals surface area contributed by atoms with Crippen LogP contribution in [0.2, 0.25) is 5.02 Å². The first-order valence-corrected chi connectivity index (χ1v) is 7.67. The van der Waals surface area contributed by atoms with Crippen LogP contribution in [0, 0.1) is 5.82 Å². The molecule has 2 aromatic carbocycles. The van der Waals surface area contributed by atoms with Crippen LogP contribution in [0.1, 0.15) is 48.9 Å². The zero-order chi connectivity index (χ0) is 15.4. The summed E-state index contributed by atoms with van der Waals surface area (Å²) in [6.07, 6.45) is 1.12. The molecule has 1 N–H and O–H groups in total. The molecule has 21 heavy (non-hydrogen) atoms. The molecule has 0 aliphatic carbocycles. The zero-order valence-corrected chi connectivity index (χ0v) is 13.4. The molecular formula is C18H21ClFN. The smallest absolute Gasteiger partial charge is 0.142 e. The van der Waals surface area contributed by atoms with Crippen molar-refractivity contribution in [2.45, 2.75) is 32.2 Å². The molecule has 0 radical (unpaired) electrons. The van der Waals surface area contributed by atoms with E-state index in [1.54, 1.807) is 6.07 Å². The molecule has 0 spiro atoms. The van der Waals surface area contributed by atoms with E-state index in [1.165, 1.54) is 11.6 Å². The molecule has 0 saturated heterocycles. The Hall–Kier alpha value is -1.38. The molecule has 0 fully saturated rings. The normalized spacial score (nSPS) is 14.0. The molecule has 112 valence electrons. The van der Waals surface area contributed by atoms with E-state index < -0.39 is 0 Å². The first-order chi connectivity index (χ1) is 10.1. The molecule has 2 aromatic rings. The molecule has 0 saturated carbocycles. The predicted octanol–water partition coefficient (Wildman–Crippen LogP) is 5.30. The number of nitrogens with one attached hydrogen (secondary N) is 1. The van der Waals surface area contributed by atoms with Crippen LogP contribution in [-0.2, 0) is 0 Å². The summed E-state index contributed by atoms with van der Waals surface area (Å²) in [6, 6.07) is 13.3. The minimum absolute atomic E-state index is 0.112. The van der Waals surface area contributed by atoms with Gasteiger partial charge in [-0.3, -0.25) is 0 Å². The Morgan fingerprint density at radius 3 is 2.29 bits per heavy atom. The van der Waals surface area contributed by atoms with Gasteiger partial charge in [0.1, 0.15) is 5.82 Å². The molecule has 0 aliphatic rings. The Balaban J connectivity index is 2.35. The lowest BCUT2D eigenvalue weighted by Gasteiger charge is -2.20. The van der Waals surface area contributed by atoms with Crippen LogP contribution >= 0.6 is 11.6 Å². The summed E-state index contributed by atoms with van der Waals surface area (Å²) in [4.78, 5) is 0. The summed E-state index contributed by atoms with van der Waals surface area (Å²) in [7, 11) is 1.86. The lowest BCUT2D eigenvalue weighted by Crippen LogP contribution is -2.18. The van der Waals surface area contributed by atoms with Gasteiger partial charge in [-0.15, -0.1) is 0 Å². The van der Waals surface area contributed by atoms with Crippen molar-refractivity contribution in [2.75, 3.05) is 7.05 Å². The van der Waals surface area contributed by atoms with Crippen LogP contribution in [0.25, 0.3) is 0 Å². The van der Waals surface area contributed by atoms with E-state index in [4.69, 9.17) is 11.6 Å². The standard InChI is InChI=1S/C18H21ClFN/c1-4-12(2)13-8-10-14(11-9-13)18(21-3)15-6-5-7-16(20)17(15)19/h5-12,18,21H,4H2,1-3H3. The fourth-order valence-electron chi connectivity index (χ4n) is 2.50. The highest BCUT2D eigenvalue weighted by Crippen LogP contribution is 2.30. The lowest BCUT2D eigenvalue weighted by atomic mass is 9.93. The van der Waals surface area contributed by atoms with Gasteiger partial charge in [0.25, 0.3) is 0 Å². The Labute approximate surface area is 131 Å². The largest absolute Gasteiger partial charge is 0.309 e. The van der Waals surface area contributed by atoms with Crippen LogP contribution < -0.4 is 5.32 Å². The number of benzene rings is 2. The van der Waals surface area contributed by atoms with E-state index in [0.29, 0.717) is 5.92 Å². The van der Waals surface area contributed by atoms with E-state index in [-0.39, 0.29) is 16.9 Å². The third-order valence-electron chi connectivity index (χ3n) is 4.03. The Kier molecular flexibility index (Phi) is 5.38. The predicted molar refractivity (Wildman–Crippen MR) is 87.5 cm³/mol. The second-order valence-corrected chi connectivity index (χ2v) is 5.72. The topological polar surface area (TPSA) is 12.0 Å². The first-order valence-electron chi connectivity index (χ1n) is 7.29. The van der Waals surface area contributed by atoms with Gasteiger partial charge in [0.05, 0.1) is 11.1 Å². The second kappa shape index (κ2) is 7.06. The molecule has 1 nitrogen and oxygen atoms in total. The van der Waals surface area contributed by atoms with Gasteiger partial charge in [-0.2, -0.15) is 0 Å². The molecule has 0 amide bonds. The van der Waals surface area contributed by atoms with Gasteiger partial charge in [-0.05, 0) is 42.1 Å². The van der Waals surface area contributed by atoms with Gasteiger partial charge in [-0.25, -0.2) is 4.39 Å². The van der Waals surface area contributed by atoms with Crippen molar-refractivity contribution in [1.82, 2.24) is 5.32 Å². The highest BCUT2D eigenvalue weighted by Gasteiger charge is 2.17. The molecular weight excluding hydrogens is 285 g/mol. The van der Waals surface area contributed by atoms with Gasteiger partial charge in [-0.1, -0.05) is 61.8 Å². The fraction of sp³-hybridized carbons (Fsp3) is 0.333. The van der Waals surface area contributed by atoms with Crippen molar-refractivity contribution in [3.05, 3.63) is 70.0 Å². The SMILES string of the molecule is CCC(C)c1ccc(C(NC)c2cccc(F)c2Cl)cc1. The third-order valence-corrected chi connectivity index (χ3v) is 4.43. The molecule has 2 atom stereocenters. The average Bonchev–Trinajstić information content (AvgIpc) is 2.52. The van der Waals surface area contributed by atoms with E-state index >= 15 is 0 Å². The van der Waals surface area contributed by atoms with Crippen molar-refractivity contribution in [3.63, 3.8) is 0 Å². The minimum atomic E-state index is -0.384. The lowest BCUT2D eigenvalue weighted by molar-refractivity contribution is 0.617. The first kappa shape index (κ1) is 16.0. The Bertz CT molecular complexity index is 595. The quantitative estimate of drug-likeness (QED) is 0.790. The summed E-state index contributed by atoms with van der Waals surface area (Å²) in [5.41, 5.74) is 3.16. The van der Waals surface area contributed by atoms with Gasteiger partial charge in [0, 0.05) is 0 Å². The summed E-state index contributed by atoms with van der Waals surface area (Å²) in [5, 5.41) is 3.40. The van der Waals surface area contributed by atoms with Gasteiger partial charge < -0.3 is 5.32 Å². The van der Waals surface area contributed by atoms with Crippen molar-refractivity contribution < 1.29 is 4.39 Å². The molecule has 2 unspecified atom stereocenters. The van der Waals surface area contributed by atoms with Crippen LogP contribution in [-0.4, -0.2) is 7.05 Å². The molecule has 0 aromatic heterocycles. The summed E-state index contributed by atoms with van der Waals surface area (Å²) in [5.74, 6) is 0.162. The number of rotatable bonds is 5. The maximum absolute atomic E-state index is 13.6. The van der Waals surface area contributed by atoms with Crippen molar-refractivity contribution in [1.29, 1.82) is 0 Å². The third kappa shape index (κ3) is 3.45. The average molecular weight is 306 g/mol. The van der Waals surface area contributed by atoms with E-state index in [9.17, 15) is 4.39 Å². The maximum atomic E-state index is 13.6. The van der Waals surface area contributed by atoms with E-state index in [1.807, 2.05) is 13.1 Å². The number of halogens is 2. The molecule has 0 bridgehead atoms. The fourth-order valence-corrected chi connectivity index (χ4v) is 2.73. The number of hydrogen-bond donors (Lipinski definition) is 1. The van der Waals surface area contributed by atoms with Crippen molar-refractivity contribution in [2.24, 2.45) is 0 Å². The van der Waals surface area contributed by atoms with Crippen LogP contribution in [0.4, 0.5) is 4.39 Å². The highest BCUT2D eigenvalue weighted by atomic mass is 35.5. The van der Waals surface area contributed by atoms with Crippen LogP contribution in [0.3, 0.4) is 0 Å². The van der Waals surface area contributed by atoms with E-state index in [0.717, 1.165) is 17.5 Å². The van der Waals surface area contributed by atoms with Crippen LogP contribution in [0.15, 0.2) is 42.5 Å². The van der Waals surface area contributed by atoms with Crippen molar-refractivity contribution >= 4 is 11.6 Å². The van der Waals surface area contributed by atoms with Gasteiger partial charge in [0.15, 0.2) is 0 Å². The second-order valence-electron chi connectivity index (χ2n) is 5.34. The highest BCUT2D eigenvalue weighted by molar-refractivity contribution is 6.31. The summed E-state index contributed by atoms with van der Waals surface area (Å²) < 4.78 is 13.6. The molecule has 0 heterocycles. The Morgan fingerprint density at radius 2 is 1.71 bits per heavy atom. The van der Waals surface area contributed by atoms with Gasteiger partial charge in [0.2, 0.25) is 0 Å². The van der Waals surface area contributed by atoms with Crippen molar-refractivity contribution in [3.8, 4) is 0 Å². The van der Waals surface area contributed by atoms with Crippen LogP contribution in [0.5, 0.6) is 0 Å². The van der Waals surface area contributed by atoms with E-state index in [2.05, 4.69) is 43.4 Å². The summed E-state index contributed by atoms with van der Waals surface area (Å²) in [6.45, 7) is 4.40. The zero-order valence-electron chi connectivity index (χ0n) is 12.7. The monoisotopic (exact) mass is 305 g/mol. The summed E-state index contributed by atoms with van der Waals surface area (Å²) >= 11 is 6.11. The molecule has 0 aliphatic heterocycles. The minimum Gasteiger partial charge on any atom is -0.309 e. The molecule has 2 rings (SSSR count). The molecule has 3 heteroatoms. The maximum Gasteiger partial charge on any atom is 0.142 e. The van der Waals surface area contributed by atoms with Gasteiger partial charge >= 0.3 is 0 Å².